The number of aromatic nitrogens is 2. The van der Waals surface area contributed by atoms with E-state index < -0.39 is 0 Å². The van der Waals surface area contributed by atoms with E-state index in [1.807, 2.05) is 6.07 Å². The molecule has 6 nitrogen and oxygen atoms in total. The van der Waals surface area contributed by atoms with Crippen molar-refractivity contribution in [1.29, 1.82) is 0 Å². The molecule has 1 aromatic heterocycles. The molecular formula is C19H28IN5O. The van der Waals surface area contributed by atoms with E-state index in [0.29, 0.717) is 12.0 Å². The molecule has 2 aliphatic rings. The van der Waals surface area contributed by atoms with Crippen molar-refractivity contribution < 1.29 is 4.74 Å². The van der Waals surface area contributed by atoms with Crippen molar-refractivity contribution in [1.82, 2.24) is 19.8 Å². The third-order valence-electron chi connectivity index (χ3n) is 5.51. The predicted molar refractivity (Wildman–Crippen MR) is 115 cm³/mol. The number of nitrogens with one attached hydrogen (secondary N) is 1. The van der Waals surface area contributed by atoms with E-state index in [9.17, 15) is 0 Å². The highest BCUT2D eigenvalue weighted by atomic mass is 127. The normalized spacial score (nSPS) is 23.0. The Labute approximate surface area is 172 Å². The number of halogens is 1. The maximum Gasteiger partial charge on any atom is 0.194 e. The molecule has 4 rings (SSSR count). The third kappa shape index (κ3) is 3.69. The maximum absolute atomic E-state index is 5.65. The van der Waals surface area contributed by atoms with Crippen molar-refractivity contribution in [2.24, 2.45) is 17.5 Å². The first-order valence-corrected chi connectivity index (χ1v) is 9.22. The number of guanidine groups is 1. The minimum atomic E-state index is 0. The fourth-order valence-electron chi connectivity index (χ4n) is 4.00. The number of hydrogen-bond acceptors (Lipinski definition) is 3. The second kappa shape index (κ2) is 8.12. The van der Waals surface area contributed by atoms with Gasteiger partial charge in [-0.25, -0.2) is 9.98 Å². The fourth-order valence-corrected chi connectivity index (χ4v) is 4.00. The van der Waals surface area contributed by atoms with Crippen LogP contribution < -0.4 is 5.32 Å². The number of rotatable bonds is 3. The van der Waals surface area contributed by atoms with Gasteiger partial charge in [-0.3, -0.25) is 0 Å². The van der Waals surface area contributed by atoms with Crippen LogP contribution in [0.15, 0.2) is 29.3 Å². The van der Waals surface area contributed by atoms with Gasteiger partial charge in [0.1, 0.15) is 12.4 Å². The summed E-state index contributed by atoms with van der Waals surface area (Å²) in [6.45, 7) is 7.48. The predicted octanol–water partition coefficient (Wildman–Crippen LogP) is 2.77. The lowest BCUT2D eigenvalue weighted by Gasteiger charge is -2.24. The molecule has 0 amide bonds. The molecule has 1 N–H and O–H groups in total. The van der Waals surface area contributed by atoms with Crippen molar-refractivity contribution in [3.8, 4) is 0 Å². The molecule has 0 saturated carbocycles. The Morgan fingerprint density at radius 1 is 1.35 bits per heavy atom. The van der Waals surface area contributed by atoms with Crippen LogP contribution in [-0.4, -0.2) is 53.3 Å². The maximum atomic E-state index is 5.65. The summed E-state index contributed by atoms with van der Waals surface area (Å²) >= 11 is 0. The number of nitrogens with zero attached hydrogens (tertiary/aromatic N) is 4. The molecule has 1 spiro atoms. The second-order valence-corrected chi connectivity index (χ2v) is 7.22. The monoisotopic (exact) mass is 469 g/mol. The zero-order chi connectivity index (χ0) is 17.3. The van der Waals surface area contributed by atoms with Crippen molar-refractivity contribution >= 4 is 41.0 Å². The van der Waals surface area contributed by atoms with Gasteiger partial charge < -0.3 is 19.5 Å². The first kappa shape index (κ1) is 19.4. The van der Waals surface area contributed by atoms with Crippen LogP contribution in [0.25, 0.3) is 11.0 Å². The fraction of sp³-hybridized carbons (Fsp3) is 0.579. The van der Waals surface area contributed by atoms with E-state index in [2.05, 4.69) is 47.0 Å². The van der Waals surface area contributed by atoms with E-state index in [1.54, 1.807) is 0 Å². The number of para-hydroxylation sites is 2. The smallest absolute Gasteiger partial charge is 0.194 e. The van der Waals surface area contributed by atoms with E-state index in [-0.39, 0.29) is 24.0 Å². The average Bonchev–Trinajstić information content (AvgIpc) is 3.34. The Kier molecular flexibility index (Phi) is 6.06. The largest absolute Gasteiger partial charge is 0.381 e. The summed E-state index contributed by atoms with van der Waals surface area (Å²) in [5.41, 5.74) is 2.53. The molecule has 1 unspecified atom stereocenters. The van der Waals surface area contributed by atoms with Crippen molar-refractivity contribution in [2.75, 3.05) is 32.8 Å². The quantitative estimate of drug-likeness (QED) is 0.427. The third-order valence-corrected chi connectivity index (χ3v) is 5.51. The molecule has 142 valence electrons. The number of likely N-dealkylation sites (tertiary alicyclic amines) is 1. The van der Waals surface area contributed by atoms with Crippen LogP contribution in [0, 0.1) is 5.41 Å². The summed E-state index contributed by atoms with van der Waals surface area (Å²) in [6.07, 6.45) is 2.37. The molecule has 3 heterocycles. The molecule has 1 aromatic carbocycles. The van der Waals surface area contributed by atoms with Gasteiger partial charge in [-0.15, -0.1) is 24.0 Å². The molecule has 2 aliphatic heterocycles. The summed E-state index contributed by atoms with van der Waals surface area (Å²) in [6, 6.07) is 8.23. The van der Waals surface area contributed by atoms with Gasteiger partial charge in [0, 0.05) is 38.7 Å². The average molecular weight is 469 g/mol. The van der Waals surface area contributed by atoms with Crippen LogP contribution >= 0.6 is 24.0 Å². The summed E-state index contributed by atoms with van der Waals surface area (Å²) in [7, 11) is 2.06. The van der Waals surface area contributed by atoms with Crippen LogP contribution in [0.2, 0.25) is 0 Å². The Balaban J connectivity index is 0.00000196. The zero-order valence-corrected chi connectivity index (χ0v) is 17.9. The van der Waals surface area contributed by atoms with Gasteiger partial charge in [-0.1, -0.05) is 12.1 Å². The van der Waals surface area contributed by atoms with Crippen LogP contribution in [0.1, 0.15) is 25.6 Å². The van der Waals surface area contributed by atoms with Crippen molar-refractivity contribution in [2.45, 2.75) is 26.3 Å². The number of benzene rings is 1. The number of imidazole rings is 1. The highest BCUT2D eigenvalue weighted by Crippen LogP contribution is 2.38. The van der Waals surface area contributed by atoms with Crippen LogP contribution in [-0.2, 0) is 18.3 Å². The SMILES string of the molecule is CCNC(=NCc1nc2ccccc2n1C)N1CCC2(CCOC2)C1.I. The van der Waals surface area contributed by atoms with Crippen LogP contribution in [0.4, 0.5) is 0 Å². The highest BCUT2D eigenvalue weighted by Gasteiger charge is 2.42. The first-order valence-electron chi connectivity index (χ1n) is 9.22. The van der Waals surface area contributed by atoms with Gasteiger partial charge >= 0.3 is 0 Å². The zero-order valence-electron chi connectivity index (χ0n) is 15.6. The Morgan fingerprint density at radius 3 is 2.92 bits per heavy atom. The number of fused-ring (bicyclic) bond motifs is 1. The Morgan fingerprint density at radius 2 is 2.19 bits per heavy atom. The van der Waals surface area contributed by atoms with Gasteiger partial charge in [-0.05, 0) is 31.9 Å². The van der Waals surface area contributed by atoms with Crippen LogP contribution in [0.5, 0.6) is 0 Å². The van der Waals surface area contributed by atoms with Gasteiger partial charge in [0.2, 0.25) is 0 Å². The van der Waals surface area contributed by atoms with Crippen molar-refractivity contribution in [3.05, 3.63) is 30.1 Å². The molecule has 2 aromatic rings. The summed E-state index contributed by atoms with van der Waals surface area (Å²) in [4.78, 5) is 12.0. The minimum Gasteiger partial charge on any atom is -0.381 e. The Bertz CT molecular complexity index is 781. The molecular weight excluding hydrogens is 441 g/mol. The van der Waals surface area contributed by atoms with E-state index in [1.165, 1.54) is 12.8 Å². The van der Waals surface area contributed by atoms with E-state index in [4.69, 9.17) is 14.7 Å². The second-order valence-electron chi connectivity index (χ2n) is 7.22. The number of aryl methyl sites for hydroxylation is 1. The topological polar surface area (TPSA) is 54.7 Å². The lowest BCUT2D eigenvalue weighted by Crippen LogP contribution is -2.41. The molecule has 26 heavy (non-hydrogen) atoms. The minimum absolute atomic E-state index is 0. The molecule has 2 fully saturated rings. The Hall–Kier alpha value is -1.35. The van der Waals surface area contributed by atoms with E-state index in [0.717, 1.165) is 55.7 Å². The molecule has 2 saturated heterocycles. The molecule has 0 aliphatic carbocycles. The van der Waals surface area contributed by atoms with Gasteiger partial charge in [0.15, 0.2) is 5.96 Å². The molecule has 0 bridgehead atoms. The number of hydrogen-bond donors (Lipinski definition) is 1. The standard InChI is InChI=1S/C19H27N5O.HI/c1-3-20-18(24-10-8-19(13-24)9-11-25-14-19)21-12-17-22-15-6-4-5-7-16(15)23(17)2;/h4-7H,3,8-14H2,1-2H3,(H,20,21);1H. The number of aliphatic imine (C=N–C) groups is 1. The molecule has 1 atom stereocenters. The summed E-state index contributed by atoms with van der Waals surface area (Å²) in [5, 5.41) is 3.45. The molecule has 0 radical (unpaired) electrons. The van der Waals surface area contributed by atoms with Gasteiger partial charge in [0.05, 0.1) is 17.6 Å². The van der Waals surface area contributed by atoms with Crippen LogP contribution in [0.3, 0.4) is 0 Å². The summed E-state index contributed by atoms with van der Waals surface area (Å²) in [5.74, 6) is 1.99. The molecule has 7 heteroatoms. The van der Waals surface area contributed by atoms with Gasteiger partial charge in [0.25, 0.3) is 0 Å². The van der Waals surface area contributed by atoms with Gasteiger partial charge in [-0.2, -0.15) is 0 Å². The number of ether oxygens (including phenoxy) is 1. The highest BCUT2D eigenvalue weighted by molar-refractivity contribution is 14.0. The lowest BCUT2D eigenvalue weighted by molar-refractivity contribution is 0.156. The lowest BCUT2D eigenvalue weighted by atomic mass is 9.87. The van der Waals surface area contributed by atoms with Crippen molar-refractivity contribution in [3.63, 3.8) is 0 Å². The van der Waals surface area contributed by atoms with E-state index >= 15 is 0 Å². The first-order chi connectivity index (χ1) is 12.2. The summed E-state index contributed by atoms with van der Waals surface area (Å²) < 4.78 is 7.79.